The van der Waals surface area contributed by atoms with Gasteiger partial charge in [0.1, 0.15) is 17.3 Å². The number of hydrogen-bond acceptors (Lipinski definition) is 6. The molecule has 2 aromatic rings. The smallest absolute Gasteiger partial charge is 0.274 e. The van der Waals surface area contributed by atoms with Gasteiger partial charge >= 0.3 is 0 Å². The molecule has 28 heavy (non-hydrogen) atoms. The number of benzene rings is 1. The minimum absolute atomic E-state index is 0.198. The zero-order valence-electron chi connectivity index (χ0n) is 16.0. The minimum Gasteiger partial charge on any atom is -0.454 e. The van der Waals surface area contributed by atoms with Crippen molar-refractivity contribution in [2.45, 2.75) is 39.0 Å². The fourth-order valence-electron chi connectivity index (χ4n) is 3.43. The van der Waals surface area contributed by atoms with Gasteiger partial charge in [-0.2, -0.15) is 0 Å². The average molecular weight is 380 g/mol. The molecule has 0 saturated carbocycles. The van der Waals surface area contributed by atoms with Gasteiger partial charge in [-0.1, -0.05) is 11.6 Å². The lowest BCUT2D eigenvalue weighted by atomic mass is 9.97. The third-order valence-electron chi connectivity index (χ3n) is 4.84. The van der Waals surface area contributed by atoms with Crippen molar-refractivity contribution in [3.8, 4) is 11.5 Å². The summed E-state index contributed by atoms with van der Waals surface area (Å²) in [5.74, 6) is 2.23. The average Bonchev–Trinajstić information content (AvgIpc) is 3.16. The standard InChI is InChI=1S/C21H24N4O3/c1-14-23-17(12-20(24-14)22-10-9-15-5-3-2-4-6-15)21(26)25-16-7-8-18-19(11-16)28-13-27-18/h5,7-8,11-12H,2-4,6,9-10,13H2,1H3,(H,25,26)(H,22,23,24). The van der Waals surface area contributed by atoms with Crippen LogP contribution >= 0.6 is 0 Å². The van der Waals surface area contributed by atoms with Crippen molar-refractivity contribution in [2.75, 3.05) is 24.0 Å². The Morgan fingerprint density at radius 1 is 1.14 bits per heavy atom. The predicted molar refractivity (Wildman–Crippen MR) is 107 cm³/mol. The van der Waals surface area contributed by atoms with Gasteiger partial charge in [0.05, 0.1) is 0 Å². The molecule has 7 nitrogen and oxygen atoms in total. The Morgan fingerprint density at radius 3 is 2.89 bits per heavy atom. The van der Waals surface area contributed by atoms with E-state index >= 15 is 0 Å². The predicted octanol–water partition coefficient (Wildman–Crippen LogP) is 4.07. The number of anilines is 2. The molecule has 2 N–H and O–H groups in total. The number of carbonyl (C=O) groups excluding carboxylic acids is 1. The van der Waals surface area contributed by atoms with E-state index in [1.54, 1.807) is 31.2 Å². The lowest BCUT2D eigenvalue weighted by Crippen LogP contribution is -2.16. The molecule has 146 valence electrons. The van der Waals surface area contributed by atoms with Crippen LogP contribution in [0.15, 0.2) is 35.9 Å². The summed E-state index contributed by atoms with van der Waals surface area (Å²) in [5.41, 5.74) is 2.46. The number of aryl methyl sites for hydroxylation is 1. The first-order valence-corrected chi connectivity index (χ1v) is 9.66. The number of nitrogens with zero attached hydrogens (tertiary/aromatic N) is 2. The van der Waals surface area contributed by atoms with Crippen molar-refractivity contribution in [3.63, 3.8) is 0 Å². The Bertz CT molecular complexity index is 911. The number of hydrogen-bond donors (Lipinski definition) is 2. The van der Waals surface area contributed by atoms with E-state index in [9.17, 15) is 4.79 Å². The summed E-state index contributed by atoms with van der Waals surface area (Å²) in [7, 11) is 0. The van der Waals surface area contributed by atoms with Gasteiger partial charge in [-0.25, -0.2) is 9.97 Å². The fourth-order valence-corrected chi connectivity index (χ4v) is 3.43. The Balaban J connectivity index is 1.39. The summed E-state index contributed by atoms with van der Waals surface area (Å²) in [4.78, 5) is 21.3. The first-order valence-electron chi connectivity index (χ1n) is 9.66. The van der Waals surface area contributed by atoms with Gasteiger partial charge in [-0.3, -0.25) is 4.79 Å². The number of nitrogens with one attached hydrogen (secondary N) is 2. The topological polar surface area (TPSA) is 85.4 Å². The molecule has 2 aliphatic rings. The van der Waals surface area contributed by atoms with Gasteiger partial charge in [0.2, 0.25) is 6.79 Å². The molecule has 1 aliphatic carbocycles. The van der Waals surface area contributed by atoms with Crippen LogP contribution in [-0.2, 0) is 0 Å². The maximum atomic E-state index is 12.6. The number of aromatic nitrogens is 2. The first kappa shape index (κ1) is 18.3. The van der Waals surface area contributed by atoms with Gasteiger partial charge in [0, 0.05) is 24.4 Å². The van der Waals surface area contributed by atoms with E-state index in [0.29, 0.717) is 34.5 Å². The summed E-state index contributed by atoms with van der Waals surface area (Å²) in [6.07, 6.45) is 8.30. The zero-order chi connectivity index (χ0) is 19.3. The third-order valence-corrected chi connectivity index (χ3v) is 4.84. The van der Waals surface area contributed by atoms with Gasteiger partial charge in [-0.05, 0) is 51.2 Å². The van der Waals surface area contributed by atoms with E-state index in [4.69, 9.17) is 9.47 Å². The van der Waals surface area contributed by atoms with Crippen molar-refractivity contribution >= 4 is 17.4 Å². The van der Waals surface area contributed by atoms with E-state index in [1.807, 2.05) is 0 Å². The molecule has 0 saturated heterocycles. The summed E-state index contributed by atoms with van der Waals surface area (Å²) in [6, 6.07) is 6.97. The van der Waals surface area contributed by atoms with Crippen LogP contribution in [0.2, 0.25) is 0 Å². The molecule has 0 fully saturated rings. The quantitative estimate of drug-likeness (QED) is 0.735. The van der Waals surface area contributed by atoms with Crippen molar-refractivity contribution in [3.05, 3.63) is 47.4 Å². The number of amides is 1. The van der Waals surface area contributed by atoms with Gasteiger partial charge in [0.25, 0.3) is 5.91 Å². The summed E-state index contributed by atoms with van der Waals surface area (Å²) < 4.78 is 10.6. The molecular formula is C21H24N4O3. The fraction of sp³-hybridized carbons (Fsp3) is 0.381. The highest BCUT2D eigenvalue weighted by molar-refractivity contribution is 6.03. The summed E-state index contributed by atoms with van der Waals surface area (Å²) >= 11 is 0. The van der Waals surface area contributed by atoms with Crippen LogP contribution in [-0.4, -0.2) is 29.2 Å². The molecule has 1 aromatic carbocycles. The highest BCUT2D eigenvalue weighted by atomic mass is 16.7. The van der Waals surface area contributed by atoms with Crippen molar-refractivity contribution in [1.82, 2.24) is 9.97 Å². The molecule has 1 aromatic heterocycles. The maximum absolute atomic E-state index is 12.6. The molecule has 0 unspecified atom stereocenters. The van der Waals surface area contributed by atoms with Gasteiger partial charge in [0.15, 0.2) is 11.5 Å². The number of carbonyl (C=O) groups is 1. The highest BCUT2D eigenvalue weighted by Gasteiger charge is 2.16. The second-order valence-corrected chi connectivity index (χ2v) is 6.99. The second kappa shape index (κ2) is 8.29. The summed E-state index contributed by atoms with van der Waals surface area (Å²) in [6.45, 7) is 2.78. The molecule has 0 bridgehead atoms. The Morgan fingerprint density at radius 2 is 2.04 bits per heavy atom. The Hall–Kier alpha value is -3.09. The molecule has 4 rings (SSSR count). The molecule has 0 spiro atoms. The monoisotopic (exact) mass is 380 g/mol. The van der Waals surface area contributed by atoms with Crippen molar-refractivity contribution in [2.24, 2.45) is 0 Å². The van der Waals surface area contributed by atoms with Gasteiger partial charge in [-0.15, -0.1) is 0 Å². The lowest BCUT2D eigenvalue weighted by molar-refractivity contribution is 0.102. The highest BCUT2D eigenvalue weighted by Crippen LogP contribution is 2.34. The second-order valence-electron chi connectivity index (χ2n) is 6.99. The van der Waals surface area contributed by atoms with Crippen molar-refractivity contribution in [1.29, 1.82) is 0 Å². The zero-order valence-corrected chi connectivity index (χ0v) is 16.0. The van der Waals surface area contributed by atoms with E-state index in [2.05, 4.69) is 26.7 Å². The van der Waals surface area contributed by atoms with E-state index < -0.39 is 0 Å². The van der Waals surface area contributed by atoms with Crippen molar-refractivity contribution < 1.29 is 14.3 Å². The molecular weight excluding hydrogens is 356 g/mol. The van der Waals surface area contributed by atoms with E-state index in [1.165, 1.54) is 31.3 Å². The molecule has 7 heteroatoms. The third kappa shape index (κ3) is 4.42. The summed E-state index contributed by atoms with van der Waals surface area (Å²) in [5, 5.41) is 6.17. The van der Waals surface area contributed by atoms with Crippen LogP contribution in [0.3, 0.4) is 0 Å². The molecule has 0 atom stereocenters. The van der Waals surface area contributed by atoms with Gasteiger partial charge < -0.3 is 20.1 Å². The van der Waals surface area contributed by atoms with Crippen LogP contribution in [0, 0.1) is 6.92 Å². The van der Waals surface area contributed by atoms with Crippen LogP contribution < -0.4 is 20.1 Å². The Labute approximate surface area is 164 Å². The number of fused-ring (bicyclic) bond motifs is 1. The van der Waals surface area contributed by atoms with Crippen LogP contribution in [0.5, 0.6) is 11.5 Å². The normalized spacial score (nSPS) is 15.1. The Kier molecular flexibility index (Phi) is 5.41. The van der Waals surface area contributed by atoms with E-state index in [-0.39, 0.29) is 12.7 Å². The van der Waals surface area contributed by atoms with Crippen LogP contribution in [0.1, 0.15) is 48.4 Å². The largest absolute Gasteiger partial charge is 0.454 e. The SMILES string of the molecule is Cc1nc(NCCC2=CCCCC2)cc(C(=O)Nc2ccc3c(c2)OCO3)n1. The number of allylic oxidation sites excluding steroid dienone is 1. The number of rotatable bonds is 6. The van der Waals surface area contributed by atoms with Crippen LogP contribution in [0.4, 0.5) is 11.5 Å². The number of ether oxygens (including phenoxy) is 2. The minimum atomic E-state index is -0.289. The molecule has 1 aliphatic heterocycles. The van der Waals surface area contributed by atoms with E-state index in [0.717, 1.165) is 13.0 Å². The maximum Gasteiger partial charge on any atom is 0.274 e. The first-order chi connectivity index (χ1) is 13.7. The molecule has 1 amide bonds. The molecule has 2 heterocycles. The molecule has 0 radical (unpaired) electrons. The lowest BCUT2D eigenvalue weighted by Gasteiger charge is -2.13. The van der Waals surface area contributed by atoms with Crippen LogP contribution in [0.25, 0.3) is 0 Å².